The highest BCUT2D eigenvalue weighted by Gasteiger charge is 2.10. The molecule has 0 unspecified atom stereocenters. The molecule has 3 aromatic rings. The van der Waals surface area contributed by atoms with Gasteiger partial charge >= 0.3 is 5.97 Å². The molecule has 8 heteroatoms. The second-order valence-electron chi connectivity index (χ2n) is 5.23. The Labute approximate surface area is 142 Å². The fourth-order valence-corrected chi connectivity index (χ4v) is 2.20. The summed E-state index contributed by atoms with van der Waals surface area (Å²) in [6, 6.07) is 13.0. The van der Waals surface area contributed by atoms with E-state index in [4.69, 9.17) is 4.74 Å². The first kappa shape index (κ1) is 16.3. The first-order valence-electron chi connectivity index (χ1n) is 7.42. The minimum absolute atomic E-state index is 0.204. The normalized spacial score (nSPS) is 10.4. The van der Waals surface area contributed by atoms with Crippen LogP contribution in [0, 0.1) is 0 Å². The minimum Gasteiger partial charge on any atom is -0.439 e. The number of nitrogens with one attached hydrogen (secondary N) is 1. The molecule has 1 N–H and O–H groups in total. The lowest BCUT2D eigenvalue weighted by Gasteiger charge is -2.07. The van der Waals surface area contributed by atoms with E-state index in [0.717, 1.165) is 4.68 Å². The molecule has 126 valence electrons. The number of aromatic nitrogens is 3. The molecule has 1 heterocycles. The highest BCUT2D eigenvalue weighted by atomic mass is 16.5. The number of nitrogens with zero attached hydrogens (tertiary/aromatic N) is 3. The summed E-state index contributed by atoms with van der Waals surface area (Å²) >= 11 is 0. The number of anilines is 1. The van der Waals surface area contributed by atoms with E-state index in [0.29, 0.717) is 16.6 Å². The van der Waals surface area contributed by atoms with E-state index in [1.165, 1.54) is 19.1 Å². The zero-order chi connectivity index (χ0) is 17.8. The molecule has 8 nitrogen and oxygen atoms in total. The van der Waals surface area contributed by atoms with E-state index in [1.54, 1.807) is 36.4 Å². The van der Waals surface area contributed by atoms with Crippen molar-refractivity contribution in [2.24, 2.45) is 0 Å². The first-order chi connectivity index (χ1) is 12.0. The first-order valence-corrected chi connectivity index (χ1v) is 7.42. The van der Waals surface area contributed by atoms with Crippen molar-refractivity contribution in [3.8, 4) is 0 Å². The highest BCUT2D eigenvalue weighted by molar-refractivity contribution is 5.92. The summed E-state index contributed by atoms with van der Waals surface area (Å²) < 4.78 is 6.08. The largest absolute Gasteiger partial charge is 0.439 e. The second-order valence-corrected chi connectivity index (χ2v) is 5.23. The highest BCUT2D eigenvalue weighted by Crippen LogP contribution is 2.10. The Morgan fingerprint density at radius 1 is 1.12 bits per heavy atom. The summed E-state index contributed by atoms with van der Waals surface area (Å²) in [5.41, 5.74) is 0.944. The molecule has 0 fully saturated rings. The van der Waals surface area contributed by atoms with E-state index in [9.17, 15) is 14.4 Å². The van der Waals surface area contributed by atoms with Crippen molar-refractivity contribution >= 4 is 28.5 Å². The minimum atomic E-state index is -0.615. The van der Waals surface area contributed by atoms with E-state index in [2.05, 4.69) is 15.6 Å². The number of hydrogen-bond acceptors (Lipinski definition) is 6. The number of fused-ring (bicyclic) bond motifs is 1. The molecule has 0 aliphatic carbocycles. The predicted molar refractivity (Wildman–Crippen MR) is 90.0 cm³/mol. The summed E-state index contributed by atoms with van der Waals surface area (Å²) in [5.74, 6) is -0.819. The van der Waals surface area contributed by atoms with Crippen LogP contribution in [-0.4, -0.2) is 26.9 Å². The van der Waals surface area contributed by atoms with Crippen molar-refractivity contribution in [1.82, 2.24) is 15.0 Å². The van der Waals surface area contributed by atoms with Gasteiger partial charge in [0.05, 0.1) is 10.9 Å². The van der Waals surface area contributed by atoms with Gasteiger partial charge in [0.25, 0.3) is 5.56 Å². The van der Waals surface area contributed by atoms with E-state index >= 15 is 0 Å². The third-order valence-corrected chi connectivity index (χ3v) is 3.39. The second kappa shape index (κ2) is 6.91. The molecular formula is C17H14N4O4. The van der Waals surface area contributed by atoms with Gasteiger partial charge in [-0.2, -0.15) is 4.68 Å². The van der Waals surface area contributed by atoms with Crippen LogP contribution >= 0.6 is 0 Å². The third-order valence-electron chi connectivity index (χ3n) is 3.39. The fraction of sp³-hybridized carbons (Fsp3) is 0.118. The van der Waals surface area contributed by atoms with Gasteiger partial charge in [0.2, 0.25) is 5.91 Å². The molecule has 2 aromatic carbocycles. The smallest absolute Gasteiger partial charge is 0.339 e. The lowest BCUT2D eigenvalue weighted by Crippen LogP contribution is -2.26. The van der Waals surface area contributed by atoms with Gasteiger partial charge in [-0.05, 0) is 36.4 Å². The van der Waals surface area contributed by atoms with Crippen LogP contribution in [0.3, 0.4) is 0 Å². The number of amides is 1. The summed E-state index contributed by atoms with van der Waals surface area (Å²) in [5, 5.41) is 10.7. The lowest BCUT2D eigenvalue weighted by molar-refractivity contribution is -0.114. The van der Waals surface area contributed by atoms with Gasteiger partial charge in [0.15, 0.2) is 6.73 Å². The number of esters is 1. The molecule has 25 heavy (non-hydrogen) atoms. The van der Waals surface area contributed by atoms with E-state index in [-0.39, 0.29) is 23.8 Å². The summed E-state index contributed by atoms with van der Waals surface area (Å²) in [6.07, 6.45) is 0. The van der Waals surface area contributed by atoms with Crippen LogP contribution in [0.1, 0.15) is 17.3 Å². The summed E-state index contributed by atoms with van der Waals surface area (Å²) in [6.45, 7) is 1.05. The Morgan fingerprint density at radius 3 is 2.56 bits per heavy atom. The molecular weight excluding hydrogens is 324 g/mol. The molecule has 1 amide bonds. The number of carbonyl (C=O) groups excluding carboxylic acids is 2. The van der Waals surface area contributed by atoms with Gasteiger partial charge < -0.3 is 10.1 Å². The molecule has 0 aliphatic heterocycles. The maximum Gasteiger partial charge on any atom is 0.339 e. The van der Waals surface area contributed by atoms with Crippen molar-refractivity contribution < 1.29 is 14.3 Å². The lowest BCUT2D eigenvalue weighted by atomic mass is 10.2. The number of hydrogen-bond donors (Lipinski definition) is 1. The summed E-state index contributed by atoms with van der Waals surface area (Å²) in [7, 11) is 0. The van der Waals surface area contributed by atoms with Crippen LogP contribution in [0.5, 0.6) is 0 Å². The molecule has 0 spiro atoms. The van der Waals surface area contributed by atoms with Gasteiger partial charge in [0.1, 0.15) is 5.52 Å². The molecule has 0 bridgehead atoms. The monoisotopic (exact) mass is 338 g/mol. The van der Waals surface area contributed by atoms with Gasteiger partial charge in [-0.25, -0.2) is 4.79 Å². The van der Waals surface area contributed by atoms with Crippen molar-refractivity contribution in [3.63, 3.8) is 0 Å². The average molecular weight is 338 g/mol. The zero-order valence-electron chi connectivity index (χ0n) is 13.3. The van der Waals surface area contributed by atoms with Crippen LogP contribution in [0.15, 0.2) is 53.3 Å². The van der Waals surface area contributed by atoms with E-state index in [1.807, 2.05) is 0 Å². The number of rotatable bonds is 4. The third kappa shape index (κ3) is 3.69. The van der Waals surface area contributed by atoms with Crippen molar-refractivity contribution in [2.75, 3.05) is 5.32 Å². The van der Waals surface area contributed by atoms with Crippen LogP contribution in [0.25, 0.3) is 10.9 Å². The van der Waals surface area contributed by atoms with Crippen LogP contribution < -0.4 is 10.9 Å². The van der Waals surface area contributed by atoms with Gasteiger partial charge in [-0.15, -0.1) is 5.10 Å². The van der Waals surface area contributed by atoms with Crippen molar-refractivity contribution in [1.29, 1.82) is 0 Å². The van der Waals surface area contributed by atoms with Crippen molar-refractivity contribution in [2.45, 2.75) is 13.7 Å². The topological polar surface area (TPSA) is 103 Å². The quantitative estimate of drug-likeness (QED) is 0.724. The molecule has 0 atom stereocenters. The van der Waals surface area contributed by atoms with Gasteiger partial charge in [-0.3, -0.25) is 9.59 Å². The molecule has 1 aromatic heterocycles. The Hall–Kier alpha value is -3.55. The van der Waals surface area contributed by atoms with Gasteiger partial charge in [0, 0.05) is 12.6 Å². The standard InChI is InChI=1S/C17H14N4O4/c1-11(22)18-13-8-6-12(7-9-13)17(24)25-10-21-16(23)14-4-2-3-5-15(14)19-20-21/h2-9H,10H2,1H3,(H,18,22). The van der Waals surface area contributed by atoms with Crippen LogP contribution in [0.4, 0.5) is 5.69 Å². The molecule has 0 saturated carbocycles. The molecule has 0 saturated heterocycles. The Morgan fingerprint density at radius 2 is 1.84 bits per heavy atom. The molecule has 0 aliphatic rings. The van der Waals surface area contributed by atoms with Crippen LogP contribution in [-0.2, 0) is 16.3 Å². The average Bonchev–Trinajstić information content (AvgIpc) is 2.61. The predicted octanol–water partition coefficient (Wildman–Crippen LogP) is 1.56. The fourth-order valence-electron chi connectivity index (χ4n) is 2.20. The molecule has 3 rings (SSSR count). The number of carbonyl (C=O) groups is 2. The maximum absolute atomic E-state index is 12.3. The van der Waals surface area contributed by atoms with Crippen LogP contribution in [0.2, 0.25) is 0 Å². The maximum atomic E-state index is 12.3. The van der Waals surface area contributed by atoms with E-state index < -0.39 is 5.97 Å². The Balaban J connectivity index is 1.71. The van der Waals surface area contributed by atoms with Gasteiger partial charge in [-0.1, -0.05) is 17.3 Å². The summed E-state index contributed by atoms with van der Waals surface area (Å²) in [4.78, 5) is 35.3. The Kier molecular flexibility index (Phi) is 4.51. The molecule has 0 radical (unpaired) electrons. The number of benzene rings is 2. The SMILES string of the molecule is CC(=O)Nc1ccc(C(=O)OCn2nnc3ccccc3c2=O)cc1. The Bertz CT molecular complexity index is 995. The zero-order valence-corrected chi connectivity index (χ0v) is 13.3. The number of ether oxygens (including phenoxy) is 1. The van der Waals surface area contributed by atoms with Crippen molar-refractivity contribution in [3.05, 3.63) is 64.4 Å².